The summed E-state index contributed by atoms with van der Waals surface area (Å²) in [5.74, 6) is 5.15. The molecule has 2 aromatic heterocycles. The van der Waals surface area contributed by atoms with E-state index in [-0.39, 0.29) is 77.9 Å². The molecule has 286 valence electrons. The number of pyridine rings is 1. The van der Waals surface area contributed by atoms with E-state index in [1.54, 1.807) is 30.0 Å². The number of hydrogen-bond acceptors (Lipinski definition) is 10. The van der Waals surface area contributed by atoms with Crippen molar-refractivity contribution < 1.29 is 37.6 Å². The Balaban J connectivity index is 1.45. The Morgan fingerprint density at radius 2 is 1.87 bits per heavy atom. The van der Waals surface area contributed by atoms with Crippen LogP contribution in [0.4, 0.5) is 19.4 Å². The van der Waals surface area contributed by atoms with Gasteiger partial charge in [-0.3, -0.25) is 0 Å². The molecule has 13 heteroatoms. The number of carbonyl (C=O) groups excluding carboxylic acids is 1. The van der Waals surface area contributed by atoms with E-state index in [2.05, 4.69) is 23.7 Å². The number of methoxy groups -OCH3 is 1. The zero-order valence-corrected chi connectivity index (χ0v) is 31.9. The highest BCUT2D eigenvalue weighted by Crippen LogP contribution is 2.46. The summed E-state index contributed by atoms with van der Waals surface area (Å²) in [5.41, 5.74) is -0.139. The Morgan fingerprint density at radius 1 is 1.09 bits per heavy atom. The zero-order chi connectivity index (χ0) is 38.5. The molecule has 2 aliphatic heterocycles. The van der Waals surface area contributed by atoms with Crippen LogP contribution in [0.15, 0.2) is 24.3 Å². The molecule has 0 spiro atoms. The fourth-order valence-corrected chi connectivity index (χ4v) is 7.58. The molecule has 0 unspecified atom stereocenters. The molecule has 3 atom stereocenters. The topological polar surface area (TPSA) is 119 Å². The monoisotopic (exact) mass is 743 g/mol. The van der Waals surface area contributed by atoms with Crippen molar-refractivity contribution in [3.8, 4) is 34.9 Å². The van der Waals surface area contributed by atoms with E-state index in [0.29, 0.717) is 59.4 Å². The van der Waals surface area contributed by atoms with Crippen molar-refractivity contribution in [2.45, 2.75) is 84.9 Å². The first-order valence-corrected chi connectivity index (χ1v) is 18.5. The maximum atomic E-state index is 17.5. The van der Waals surface area contributed by atoms with Gasteiger partial charge < -0.3 is 33.9 Å². The van der Waals surface area contributed by atoms with Gasteiger partial charge in [0.25, 0.3) is 0 Å². The number of piperazine rings is 1. The summed E-state index contributed by atoms with van der Waals surface area (Å²) >= 11 is 0. The quantitative estimate of drug-likeness (QED) is 0.142. The molecule has 2 fully saturated rings. The van der Waals surface area contributed by atoms with Gasteiger partial charge in [-0.2, -0.15) is 9.97 Å². The van der Waals surface area contributed by atoms with Gasteiger partial charge in [-0.25, -0.2) is 18.6 Å². The average molecular weight is 744 g/mol. The summed E-state index contributed by atoms with van der Waals surface area (Å²) < 4.78 is 56.0. The van der Waals surface area contributed by atoms with Gasteiger partial charge in [0, 0.05) is 36.6 Å². The Bertz CT molecular complexity index is 2180. The maximum absolute atomic E-state index is 17.5. The van der Waals surface area contributed by atoms with Crippen molar-refractivity contribution in [3.63, 3.8) is 0 Å². The van der Waals surface area contributed by atoms with Crippen molar-refractivity contribution in [1.82, 2.24) is 19.9 Å². The number of carbonyl (C=O) groups is 1. The maximum Gasteiger partial charge on any atom is 0.410 e. The molecule has 1 aliphatic carbocycles. The predicted octanol–water partition coefficient (Wildman–Crippen LogP) is 7.03. The second kappa shape index (κ2) is 14.5. The van der Waals surface area contributed by atoms with E-state index >= 15 is 8.78 Å². The van der Waals surface area contributed by atoms with E-state index in [1.807, 2.05) is 27.7 Å². The van der Waals surface area contributed by atoms with E-state index in [1.165, 1.54) is 13.2 Å². The molecule has 11 nitrogen and oxygen atoms in total. The highest BCUT2D eigenvalue weighted by Gasteiger charge is 2.45. The van der Waals surface area contributed by atoms with Crippen molar-refractivity contribution in [2.24, 2.45) is 11.3 Å². The van der Waals surface area contributed by atoms with Crippen LogP contribution in [0.5, 0.6) is 11.8 Å². The van der Waals surface area contributed by atoms with Gasteiger partial charge in [-0.05, 0) is 82.9 Å². The third kappa shape index (κ3) is 6.97. The van der Waals surface area contributed by atoms with Gasteiger partial charge in [0.15, 0.2) is 12.6 Å². The molecule has 0 bridgehead atoms. The summed E-state index contributed by atoms with van der Waals surface area (Å²) in [6, 6.07) is 5.81. The number of ether oxygens (including phenoxy) is 4. The average Bonchev–Trinajstić information content (AvgIpc) is 3.95. The number of aliphatic hydroxyl groups is 1. The van der Waals surface area contributed by atoms with Crippen molar-refractivity contribution in [2.75, 3.05) is 45.1 Å². The summed E-state index contributed by atoms with van der Waals surface area (Å²) in [7, 11) is 1.50. The van der Waals surface area contributed by atoms with Crippen LogP contribution in [-0.4, -0.2) is 88.9 Å². The molecule has 1 N–H and O–H groups in total. The third-order valence-corrected chi connectivity index (χ3v) is 10.7. The number of anilines is 1. The number of rotatable bonds is 9. The highest BCUT2D eigenvalue weighted by molar-refractivity contribution is 6.03. The van der Waals surface area contributed by atoms with Gasteiger partial charge in [0.2, 0.25) is 0 Å². The number of amides is 1. The number of aromatic nitrogens is 3. The number of aliphatic hydroxyl groups excluding tert-OH is 1. The second-order valence-electron chi connectivity index (χ2n) is 15.7. The van der Waals surface area contributed by atoms with Crippen molar-refractivity contribution >= 4 is 33.6 Å². The number of hydrogen-bond donors (Lipinski definition) is 1. The standard InChI is InChI=1S/C41H47F2N5O6/c1-8-10-27-29(42)12-11-24-16-26(53-22-51-7)17-28(32(24)27)35-34(43)36-33-30(44-35)15-23(3)31-19-47(39(50)54-40(4,5)6)25(9-2)18-48(31)37(33)46-38(45-36)52-21-41(20-49)13-14-41/h11-12,16-17,23,25,31,49H,9,13-15,18-22H2,1-7H3/t23-,25+,31-/m0/s1. The number of benzene rings is 2. The summed E-state index contributed by atoms with van der Waals surface area (Å²) in [6.45, 7) is 12.1. The molecule has 1 saturated heterocycles. The Labute approximate surface area is 314 Å². The molecule has 0 radical (unpaired) electrons. The van der Waals surface area contributed by atoms with E-state index in [4.69, 9.17) is 33.9 Å². The number of fused-ring (bicyclic) bond motifs is 3. The normalized spacial score (nSPS) is 20.2. The first-order valence-electron chi connectivity index (χ1n) is 18.5. The van der Waals surface area contributed by atoms with Crippen molar-refractivity contribution in [3.05, 3.63) is 47.2 Å². The fourth-order valence-electron chi connectivity index (χ4n) is 7.58. The molecule has 4 heterocycles. The molecule has 2 aromatic carbocycles. The lowest BCUT2D eigenvalue weighted by Gasteiger charge is -2.48. The van der Waals surface area contributed by atoms with Crippen LogP contribution in [0.2, 0.25) is 0 Å². The lowest BCUT2D eigenvalue weighted by Crippen LogP contribution is -2.62. The van der Waals surface area contributed by atoms with Crippen LogP contribution in [-0.2, 0) is 15.9 Å². The van der Waals surface area contributed by atoms with E-state index < -0.39 is 17.2 Å². The minimum absolute atomic E-state index is 0.00945. The lowest BCUT2D eigenvalue weighted by molar-refractivity contribution is 0.00796. The predicted molar refractivity (Wildman–Crippen MR) is 201 cm³/mol. The van der Waals surface area contributed by atoms with Crippen LogP contribution in [0.3, 0.4) is 0 Å². The summed E-state index contributed by atoms with van der Waals surface area (Å²) in [5, 5.41) is 11.4. The fraction of sp³-hybridized carbons (Fsp3) is 0.512. The first-order chi connectivity index (χ1) is 25.8. The van der Waals surface area contributed by atoms with E-state index in [0.717, 1.165) is 12.8 Å². The molecule has 7 rings (SSSR count). The molecular formula is C41H47F2N5O6. The zero-order valence-electron chi connectivity index (χ0n) is 31.9. The van der Waals surface area contributed by atoms with Crippen LogP contribution >= 0.6 is 0 Å². The van der Waals surface area contributed by atoms with Crippen LogP contribution in [0, 0.1) is 34.8 Å². The minimum Gasteiger partial charge on any atom is -0.468 e. The lowest BCUT2D eigenvalue weighted by atomic mass is 9.92. The summed E-state index contributed by atoms with van der Waals surface area (Å²) in [4.78, 5) is 32.2. The smallest absolute Gasteiger partial charge is 0.410 e. The molecule has 3 aliphatic rings. The first kappa shape index (κ1) is 37.5. The van der Waals surface area contributed by atoms with Gasteiger partial charge in [0.05, 0.1) is 41.9 Å². The molecule has 1 saturated carbocycles. The molecule has 1 amide bonds. The van der Waals surface area contributed by atoms with Gasteiger partial charge >= 0.3 is 12.1 Å². The van der Waals surface area contributed by atoms with Gasteiger partial charge in [-0.1, -0.05) is 25.8 Å². The molecular weight excluding hydrogens is 696 g/mol. The van der Waals surface area contributed by atoms with Crippen molar-refractivity contribution in [1.29, 1.82) is 0 Å². The largest absolute Gasteiger partial charge is 0.468 e. The van der Waals surface area contributed by atoms with Crippen LogP contribution in [0.25, 0.3) is 32.9 Å². The second-order valence-corrected chi connectivity index (χ2v) is 15.7. The Kier molecular flexibility index (Phi) is 10.0. The molecule has 54 heavy (non-hydrogen) atoms. The number of halogens is 2. The van der Waals surface area contributed by atoms with Gasteiger partial charge in [-0.15, -0.1) is 5.92 Å². The highest BCUT2D eigenvalue weighted by atomic mass is 19.1. The number of nitrogens with zero attached hydrogens (tertiary/aromatic N) is 5. The summed E-state index contributed by atoms with van der Waals surface area (Å²) in [6.07, 6.45) is 2.27. The third-order valence-electron chi connectivity index (χ3n) is 10.7. The Morgan fingerprint density at radius 3 is 2.54 bits per heavy atom. The van der Waals surface area contributed by atoms with E-state index in [9.17, 15) is 9.90 Å². The van der Waals surface area contributed by atoms with Gasteiger partial charge in [0.1, 0.15) is 34.2 Å². The Hall–Kier alpha value is -4.80. The molecule has 4 aromatic rings. The van der Waals surface area contributed by atoms with Crippen LogP contribution in [0.1, 0.15) is 72.1 Å². The van der Waals surface area contributed by atoms with Crippen LogP contribution < -0.4 is 14.4 Å². The minimum atomic E-state index is -0.735. The SMILES string of the molecule is CC#Cc1c(F)ccc2cc(OCOC)cc(-c3nc4c5c(nc(OCC6(CO)CC6)nc5c3F)N3C[C@@H](CC)N(C(=O)OC(C)(C)C)C[C@H]3[C@@H](C)C4)c12.